The minimum Gasteiger partial charge on any atom is -0.399 e. The Morgan fingerprint density at radius 1 is 1.35 bits per heavy atom. The molecule has 108 valence electrons. The molecule has 1 saturated heterocycles. The highest BCUT2D eigenvalue weighted by molar-refractivity contribution is 5.80. The summed E-state index contributed by atoms with van der Waals surface area (Å²) >= 11 is 0. The van der Waals surface area contributed by atoms with Crippen LogP contribution in [0.5, 0.6) is 0 Å². The number of nitrogens with zero attached hydrogens (tertiary/aromatic N) is 3. The predicted octanol–water partition coefficient (Wildman–Crippen LogP) is 1.94. The fraction of sp³-hybridized carbons (Fsp3) is 0.533. The number of anilines is 1. The largest absolute Gasteiger partial charge is 0.399 e. The lowest BCUT2D eigenvalue weighted by atomic mass is 10.0. The summed E-state index contributed by atoms with van der Waals surface area (Å²) in [6.45, 7) is 3.94. The molecule has 2 aromatic rings. The van der Waals surface area contributed by atoms with Gasteiger partial charge in [0.1, 0.15) is 11.9 Å². The summed E-state index contributed by atoms with van der Waals surface area (Å²) in [5.41, 5.74) is 8.50. The first-order valence-corrected chi connectivity index (χ1v) is 7.20. The zero-order valence-corrected chi connectivity index (χ0v) is 12.1. The summed E-state index contributed by atoms with van der Waals surface area (Å²) < 4.78 is 2.21. The van der Waals surface area contributed by atoms with E-state index in [-0.39, 0.29) is 0 Å². The predicted molar refractivity (Wildman–Crippen MR) is 80.5 cm³/mol. The second-order valence-corrected chi connectivity index (χ2v) is 5.80. The van der Waals surface area contributed by atoms with E-state index in [4.69, 9.17) is 5.73 Å². The third-order valence-electron chi connectivity index (χ3n) is 4.17. The van der Waals surface area contributed by atoms with Crippen molar-refractivity contribution >= 4 is 16.7 Å². The van der Waals surface area contributed by atoms with E-state index in [1.165, 1.54) is 0 Å². The van der Waals surface area contributed by atoms with Gasteiger partial charge in [0.05, 0.1) is 11.0 Å². The molecule has 1 atom stereocenters. The Hall–Kier alpha value is -1.59. The molecule has 0 radical (unpaired) electrons. The fourth-order valence-electron chi connectivity index (χ4n) is 3.07. The lowest BCUT2D eigenvalue weighted by molar-refractivity contribution is 0.169. The number of nitrogen functional groups attached to an aromatic ring is 1. The lowest BCUT2D eigenvalue weighted by Crippen LogP contribution is -2.32. The molecule has 1 fully saturated rings. The van der Waals surface area contributed by atoms with Crippen molar-refractivity contribution in [3.63, 3.8) is 0 Å². The van der Waals surface area contributed by atoms with Crippen LogP contribution in [0.25, 0.3) is 11.0 Å². The molecule has 2 heterocycles. The van der Waals surface area contributed by atoms with Crippen molar-refractivity contribution in [2.75, 3.05) is 25.9 Å². The smallest absolute Gasteiger partial charge is 0.138 e. The van der Waals surface area contributed by atoms with Crippen molar-refractivity contribution in [1.82, 2.24) is 14.5 Å². The molecule has 1 aromatic heterocycles. The summed E-state index contributed by atoms with van der Waals surface area (Å²) in [5.74, 6) is 0.750. The van der Waals surface area contributed by atoms with Gasteiger partial charge in [0.25, 0.3) is 0 Å². The van der Waals surface area contributed by atoms with Gasteiger partial charge in [0.2, 0.25) is 0 Å². The summed E-state index contributed by atoms with van der Waals surface area (Å²) in [4.78, 5) is 6.93. The topological polar surface area (TPSA) is 67.3 Å². The lowest BCUT2D eigenvalue weighted by Gasteiger charge is -2.31. The summed E-state index contributed by atoms with van der Waals surface area (Å²) in [6.07, 6.45) is 1.61. The molecule has 20 heavy (non-hydrogen) atoms. The molecule has 3 N–H and O–H groups in total. The molecule has 0 amide bonds. The number of imidazole rings is 1. The van der Waals surface area contributed by atoms with Crippen molar-refractivity contribution in [3.8, 4) is 0 Å². The minimum absolute atomic E-state index is 0.407. The molecule has 1 aromatic carbocycles. The highest BCUT2D eigenvalue weighted by Gasteiger charge is 2.24. The third kappa shape index (κ3) is 2.27. The molecule has 1 aliphatic heterocycles. The van der Waals surface area contributed by atoms with Gasteiger partial charge in [0, 0.05) is 11.7 Å². The zero-order valence-electron chi connectivity index (χ0n) is 12.1. The average Bonchev–Trinajstić information content (AvgIpc) is 2.78. The Balaban J connectivity index is 2.09. The second kappa shape index (κ2) is 5.07. The Bertz CT molecular complexity index is 612. The molecule has 0 saturated carbocycles. The van der Waals surface area contributed by atoms with E-state index in [0.717, 1.165) is 42.8 Å². The first-order chi connectivity index (χ1) is 9.56. The number of aliphatic hydroxyl groups is 1. The van der Waals surface area contributed by atoms with Crippen LogP contribution in [0.15, 0.2) is 18.2 Å². The number of hydrogen-bond acceptors (Lipinski definition) is 4. The number of hydrogen-bond donors (Lipinski definition) is 2. The first-order valence-electron chi connectivity index (χ1n) is 7.20. The quantitative estimate of drug-likeness (QED) is 0.821. The number of likely N-dealkylation sites (tertiary alicyclic amines) is 1. The van der Waals surface area contributed by atoms with Crippen molar-refractivity contribution in [2.45, 2.75) is 31.9 Å². The van der Waals surface area contributed by atoms with Crippen LogP contribution in [0.2, 0.25) is 0 Å². The van der Waals surface area contributed by atoms with Gasteiger partial charge in [-0.3, -0.25) is 0 Å². The summed E-state index contributed by atoms with van der Waals surface area (Å²) in [7, 11) is 2.15. The molecular weight excluding hydrogens is 252 g/mol. The van der Waals surface area contributed by atoms with Crippen LogP contribution in [-0.4, -0.2) is 39.7 Å². The number of aromatic nitrogens is 2. The van der Waals surface area contributed by atoms with Crippen LogP contribution in [0.4, 0.5) is 5.69 Å². The van der Waals surface area contributed by atoms with Crippen molar-refractivity contribution < 1.29 is 5.11 Å². The number of fused-ring (bicyclic) bond motifs is 1. The highest BCUT2D eigenvalue weighted by atomic mass is 16.3. The second-order valence-electron chi connectivity index (χ2n) is 5.80. The number of aliphatic hydroxyl groups excluding tert-OH is 1. The van der Waals surface area contributed by atoms with Gasteiger partial charge in [0.15, 0.2) is 0 Å². The Morgan fingerprint density at radius 2 is 2.05 bits per heavy atom. The van der Waals surface area contributed by atoms with E-state index >= 15 is 0 Å². The van der Waals surface area contributed by atoms with Gasteiger partial charge in [-0.1, -0.05) is 0 Å². The van der Waals surface area contributed by atoms with Crippen LogP contribution in [0.3, 0.4) is 0 Å². The van der Waals surface area contributed by atoms with E-state index in [1.54, 1.807) is 6.92 Å². The van der Waals surface area contributed by atoms with Crippen LogP contribution in [0, 0.1) is 0 Å². The maximum Gasteiger partial charge on any atom is 0.138 e. The zero-order chi connectivity index (χ0) is 14.3. The highest BCUT2D eigenvalue weighted by Crippen LogP contribution is 2.31. The third-order valence-corrected chi connectivity index (χ3v) is 4.17. The maximum atomic E-state index is 10.0. The standard InChI is InChI=1S/C15H22N4O/c1-10(20)15-17-13-9-11(16)3-4-14(13)19(15)12-5-7-18(2)8-6-12/h3-4,9-10,12,20H,5-8,16H2,1-2H3. The average molecular weight is 274 g/mol. The number of benzene rings is 1. The Kier molecular flexibility index (Phi) is 3.40. The van der Waals surface area contributed by atoms with E-state index in [2.05, 4.69) is 21.5 Å². The Labute approximate surface area is 119 Å². The molecule has 0 bridgehead atoms. The first kappa shape index (κ1) is 13.4. The van der Waals surface area contributed by atoms with Gasteiger partial charge in [-0.2, -0.15) is 0 Å². The minimum atomic E-state index is -0.566. The van der Waals surface area contributed by atoms with E-state index < -0.39 is 6.10 Å². The van der Waals surface area contributed by atoms with Crippen molar-refractivity contribution in [1.29, 1.82) is 0 Å². The van der Waals surface area contributed by atoms with E-state index in [9.17, 15) is 5.11 Å². The van der Waals surface area contributed by atoms with E-state index in [0.29, 0.717) is 11.7 Å². The number of piperidine rings is 1. The normalized spacial score (nSPS) is 19.6. The van der Waals surface area contributed by atoms with E-state index in [1.807, 2.05) is 18.2 Å². The number of rotatable bonds is 2. The molecular formula is C15H22N4O. The Morgan fingerprint density at radius 3 is 2.70 bits per heavy atom. The maximum absolute atomic E-state index is 10.0. The van der Waals surface area contributed by atoms with Gasteiger partial charge < -0.3 is 20.3 Å². The molecule has 3 rings (SSSR count). The van der Waals surface area contributed by atoms with Crippen LogP contribution in [0.1, 0.15) is 37.7 Å². The number of nitrogens with two attached hydrogens (primary N) is 1. The molecule has 0 aliphatic carbocycles. The van der Waals surface area contributed by atoms with Crippen LogP contribution in [-0.2, 0) is 0 Å². The van der Waals surface area contributed by atoms with Crippen LogP contribution >= 0.6 is 0 Å². The summed E-state index contributed by atoms with van der Waals surface area (Å²) in [5, 5.41) is 10.0. The van der Waals surface area contributed by atoms with Gasteiger partial charge in [-0.25, -0.2) is 4.98 Å². The van der Waals surface area contributed by atoms with Crippen LogP contribution < -0.4 is 5.73 Å². The monoisotopic (exact) mass is 274 g/mol. The van der Waals surface area contributed by atoms with Gasteiger partial charge >= 0.3 is 0 Å². The SMILES string of the molecule is CC(O)c1nc2cc(N)ccc2n1C1CCN(C)CC1. The van der Waals surface area contributed by atoms with Gasteiger partial charge in [-0.05, 0) is 58.1 Å². The fourth-order valence-corrected chi connectivity index (χ4v) is 3.07. The molecule has 1 unspecified atom stereocenters. The van der Waals surface area contributed by atoms with Crippen molar-refractivity contribution in [2.24, 2.45) is 0 Å². The van der Waals surface area contributed by atoms with Crippen molar-refractivity contribution in [3.05, 3.63) is 24.0 Å². The molecule has 5 nitrogen and oxygen atoms in total. The molecule has 5 heteroatoms. The van der Waals surface area contributed by atoms with Gasteiger partial charge in [-0.15, -0.1) is 0 Å². The molecule has 0 spiro atoms. The summed E-state index contributed by atoms with van der Waals surface area (Å²) in [6, 6.07) is 6.21. The molecule has 1 aliphatic rings.